The molecule has 14 nitrogen and oxygen atoms in total. The summed E-state index contributed by atoms with van der Waals surface area (Å²) in [6.07, 6.45) is 8.58. The van der Waals surface area contributed by atoms with Crippen LogP contribution in [0, 0.1) is 0 Å². The monoisotopic (exact) mass is 728 g/mol. The number of allylic oxidation sites excluding steroid dienone is 1. The van der Waals surface area contributed by atoms with Gasteiger partial charge in [0.2, 0.25) is 0 Å². The minimum Gasteiger partial charge on any atom is -0.413 e. The molecule has 0 aliphatic heterocycles. The lowest BCUT2D eigenvalue weighted by Gasteiger charge is -2.12. The lowest BCUT2D eigenvalue weighted by atomic mass is 10.0. The van der Waals surface area contributed by atoms with Gasteiger partial charge in [0.1, 0.15) is 22.5 Å². The summed E-state index contributed by atoms with van der Waals surface area (Å²) in [6, 6.07) is 12.5. The van der Waals surface area contributed by atoms with Gasteiger partial charge in [0.15, 0.2) is 17.0 Å². The van der Waals surface area contributed by atoms with Crippen LogP contribution in [0.15, 0.2) is 88.7 Å². The topological polar surface area (TPSA) is 162 Å². The number of rotatable bonds is 8. The summed E-state index contributed by atoms with van der Waals surface area (Å²) in [5.74, 6) is 1.17. The van der Waals surface area contributed by atoms with Crippen molar-refractivity contribution in [2.24, 2.45) is 4.99 Å². The van der Waals surface area contributed by atoms with E-state index in [1.165, 1.54) is 29.2 Å². The van der Waals surface area contributed by atoms with E-state index in [0.717, 1.165) is 16.7 Å². The second-order valence-corrected chi connectivity index (χ2v) is 11.4. The number of nitrogens with zero attached hydrogens (tertiary/aromatic N) is 8. The SMILES string of the molecule is CC=N/C=C(\C)OC(=O)Nc1cc(-c2cccc(-c3cncc(OC(=O)Nc4cc(Cl)nc5c(Br)cnn45)c3)c2)nc2c(CC)cnn12. The smallest absolute Gasteiger partial charge is 0.413 e. The van der Waals surface area contributed by atoms with E-state index in [1.807, 2.05) is 31.2 Å². The number of fused-ring (bicyclic) bond motifs is 2. The Kier molecular flexibility index (Phi) is 9.40. The fourth-order valence-electron chi connectivity index (χ4n) is 4.70. The number of hydrogen-bond donors (Lipinski definition) is 2. The highest BCUT2D eigenvalue weighted by Gasteiger charge is 2.17. The second-order valence-electron chi connectivity index (χ2n) is 10.1. The normalized spacial score (nSPS) is 11.7. The number of carbonyl (C=O) groups is 2. The van der Waals surface area contributed by atoms with Crippen LogP contribution in [0.25, 0.3) is 33.7 Å². The third kappa shape index (κ3) is 7.01. The first-order valence-electron chi connectivity index (χ1n) is 14.5. The van der Waals surface area contributed by atoms with Crippen molar-refractivity contribution in [1.29, 1.82) is 0 Å². The lowest BCUT2D eigenvalue weighted by molar-refractivity contribution is 0.191. The van der Waals surface area contributed by atoms with E-state index < -0.39 is 12.2 Å². The van der Waals surface area contributed by atoms with Gasteiger partial charge in [-0.15, -0.1) is 0 Å². The molecule has 48 heavy (non-hydrogen) atoms. The highest BCUT2D eigenvalue weighted by molar-refractivity contribution is 9.10. The van der Waals surface area contributed by atoms with E-state index in [2.05, 4.69) is 51.7 Å². The molecule has 5 aromatic heterocycles. The Hall–Kier alpha value is -5.67. The van der Waals surface area contributed by atoms with E-state index in [9.17, 15) is 9.59 Å². The summed E-state index contributed by atoms with van der Waals surface area (Å²) < 4.78 is 14.5. The minimum atomic E-state index is -0.773. The lowest BCUT2D eigenvalue weighted by Crippen LogP contribution is -2.19. The highest BCUT2D eigenvalue weighted by Crippen LogP contribution is 2.30. The average molecular weight is 730 g/mol. The van der Waals surface area contributed by atoms with Crippen molar-refractivity contribution in [2.75, 3.05) is 10.6 Å². The number of ether oxygens (including phenoxy) is 2. The molecule has 0 atom stereocenters. The molecule has 2 amide bonds. The third-order valence-electron chi connectivity index (χ3n) is 6.86. The van der Waals surface area contributed by atoms with Crippen LogP contribution in [-0.4, -0.2) is 52.6 Å². The molecule has 242 valence electrons. The number of benzene rings is 1. The molecule has 0 saturated heterocycles. The molecule has 0 radical (unpaired) electrons. The van der Waals surface area contributed by atoms with Gasteiger partial charge >= 0.3 is 12.2 Å². The van der Waals surface area contributed by atoms with Crippen LogP contribution < -0.4 is 15.4 Å². The van der Waals surface area contributed by atoms with E-state index in [1.54, 1.807) is 49.1 Å². The highest BCUT2D eigenvalue weighted by atomic mass is 79.9. The molecule has 0 bridgehead atoms. The van der Waals surface area contributed by atoms with Crippen molar-refractivity contribution >= 4 is 68.9 Å². The van der Waals surface area contributed by atoms with Crippen molar-refractivity contribution in [3.63, 3.8) is 0 Å². The molecule has 0 aliphatic rings. The Labute approximate surface area is 286 Å². The number of pyridine rings is 1. The predicted octanol–water partition coefficient (Wildman–Crippen LogP) is 7.59. The van der Waals surface area contributed by atoms with Crippen LogP contribution in [0.5, 0.6) is 5.75 Å². The Balaban J connectivity index is 1.26. The number of aliphatic imine (C=N–C) groups is 1. The minimum absolute atomic E-state index is 0.169. The van der Waals surface area contributed by atoms with E-state index in [0.29, 0.717) is 45.0 Å². The summed E-state index contributed by atoms with van der Waals surface area (Å²) >= 11 is 9.49. The standard InChI is InChI=1S/C32H26BrClN10O4/c1-4-19-15-37-43-27(41-31(45)47-18(3)13-35-5-2)11-25(39-29(19)43)21-8-6-7-20(9-21)22-10-23(16-36-14-22)48-32(46)42-28-12-26(34)40-30-24(33)17-38-44(28)30/h5-17H,4H2,1-3H3,(H,41,45)(H,42,46)/b18-13+,35-5?. The first-order chi connectivity index (χ1) is 23.2. The molecular formula is C32H26BrClN10O4. The number of anilines is 2. The van der Waals surface area contributed by atoms with Crippen molar-refractivity contribution in [3.05, 3.63) is 94.4 Å². The van der Waals surface area contributed by atoms with Crippen molar-refractivity contribution < 1.29 is 19.1 Å². The zero-order valence-corrected chi connectivity index (χ0v) is 28.0. The maximum atomic E-state index is 12.8. The van der Waals surface area contributed by atoms with Gasteiger partial charge in [-0.25, -0.2) is 19.6 Å². The van der Waals surface area contributed by atoms with Gasteiger partial charge in [-0.1, -0.05) is 36.7 Å². The Morgan fingerprint density at radius 3 is 2.50 bits per heavy atom. The molecule has 0 unspecified atom stereocenters. The van der Waals surface area contributed by atoms with Crippen LogP contribution in [0.1, 0.15) is 26.3 Å². The third-order valence-corrected chi connectivity index (χ3v) is 7.61. The van der Waals surface area contributed by atoms with Gasteiger partial charge in [0.05, 0.1) is 35.0 Å². The van der Waals surface area contributed by atoms with Gasteiger partial charge in [-0.2, -0.15) is 19.2 Å². The van der Waals surface area contributed by atoms with Gasteiger partial charge in [-0.05, 0) is 53.9 Å². The van der Waals surface area contributed by atoms with Crippen LogP contribution in [0.3, 0.4) is 0 Å². The molecule has 6 aromatic rings. The zero-order valence-electron chi connectivity index (χ0n) is 25.7. The summed E-state index contributed by atoms with van der Waals surface area (Å²) in [6.45, 7) is 5.39. The number of halogens is 2. The molecule has 6 rings (SSSR count). The quantitative estimate of drug-likeness (QED) is 0.0913. The van der Waals surface area contributed by atoms with E-state index in [-0.39, 0.29) is 16.7 Å². The van der Waals surface area contributed by atoms with Crippen molar-refractivity contribution in [1.82, 2.24) is 34.2 Å². The van der Waals surface area contributed by atoms with E-state index in [4.69, 9.17) is 26.1 Å². The number of hydrogen-bond acceptors (Lipinski definition) is 10. The van der Waals surface area contributed by atoms with Crippen LogP contribution >= 0.6 is 27.5 Å². The summed E-state index contributed by atoms with van der Waals surface area (Å²) in [5, 5.41) is 14.2. The Morgan fingerprint density at radius 2 is 1.69 bits per heavy atom. The number of carbonyl (C=O) groups excluding carboxylic acids is 2. The molecule has 0 saturated carbocycles. The van der Waals surface area contributed by atoms with E-state index >= 15 is 0 Å². The van der Waals surface area contributed by atoms with Crippen molar-refractivity contribution in [3.8, 4) is 28.1 Å². The molecule has 5 heterocycles. The molecule has 16 heteroatoms. The molecule has 1 aromatic carbocycles. The largest absolute Gasteiger partial charge is 0.418 e. The summed E-state index contributed by atoms with van der Waals surface area (Å²) in [4.78, 5) is 42.9. The van der Waals surface area contributed by atoms with Crippen LogP contribution in [0.2, 0.25) is 5.15 Å². The second kappa shape index (κ2) is 14.0. The first-order valence-corrected chi connectivity index (χ1v) is 15.6. The van der Waals surface area contributed by atoms with Crippen LogP contribution in [-0.2, 0) is 11.2 Å². The first kappa shape index (κ1) is 32.3. The van der Waals surface area contributed by atoms with Gasteiger partial charge in [0.25, 0.3) is 0 Å². The fraction of sp³-hybridized carbons (Fsp3) is 0.125. The molecule has 0 fully saturated rings. The molecular weight excluding hydrogens is 704 g/mol. The van der Waals surface area contributed by atoms with Crippen LogP contribution in [0.4, 0.5) is 21.2 Å². The molecule has 0 spiro atoms. The predicted molar refractivity (Wildman–Crippen MR) is 184 cm³/mol. The van der Waals surface area contributed by atoms with Gasteiger partial charge < -0.3 is 9.47 Å². The number of nitrogens with one attached hydrogen (secondary N) is 2. The number of aromatic nitrogens is 7. The Morgan fingerprint density at radius 1 is 0.938 bits per heavy atom. The fourth-order valence-corrected chi connectivity index (χ4v) is 5.23. The summed E-state index contributed by atoms with van der Waals surface area (Å²) in [7, 11) is 0. The maximum absolute atomic E-state index is 12.8. The summed E-state index contributed by atoms with van der Waals surface area (Å²) in [5.41, 5.74) is 4.75. The number of aryl methyl sites for hydroxylation is 1. The maximum Gasteiger partial charge on any atom is 0.418 e. The zero-order chi connectivity index (χ0) is 33.8. The van der Waals surface area contributed by atoms with Crippen molar-refractivity contribution in [2.45, 2.75) is 27.2 Å². The molecule has 2 N–H and O–H groups in total. The van der Waals surface area contributed by atoms with Gasteiger partial charge in [-0.3, -0.25) is 20.6 Å². The molecule has 0 aliphatic carbocycles. The number of amides is 2. The Bertz CT molecular complexity index is 2250. The average Bonchev–Trinajstić information content (AvgIpc) is 3.67. The van der Waals surface area contributed by atoms with Gasteiger partial charge in [0, 0.05) is 41.2 Å².